The molecule has 0 aliphatic rings. The number of carbonyl (C=O) groups excluding carboxylic acids is 2. The van der Waals surface area contributed by atoms with Gasteiger partial charge in [-0.15, -0.1) is 0 Å². The Kier molecular flexibility index (Phi) is 5.57. The maximum atomic E-state index is 13.0. The van der Waals surface area contributed by atoms with Crippen molar-refractivity contribution in [3.8, 4) is 0 Å². The van der Waals surface area contributed by atoms with Crippen LogP contribution >= 0.6 is 0 Å². The highest BCUT2D eigenvalue weighted by atomic mass is 19.2. The summed E-state index contributed by atoms with van der Waals surface area (Å²) in [6.45, 7) is 2.35. The molecule has 1 amide bonds. The monoisotopic (exact) mass is 270 g/mol. The fourth-order valence-corrected chi connectivity index (χ4v) is 1.56. The number of nitrogens with one attached hydrogen (secondary N) is 1. The molecule has 0 fully saturated rings. The zero-order valence-corrected chi connectivity index (χ0v) is 10.9. The van der Waals surface area contributed by atoms with Crippen LogP contribution < -0.4 is 5.32 Å². The average Bonchev–Trinajstić information content (AvgIpc) is 2.32. The Morgan fingerprint density at radius 3 is 2.47 bits per heavy atom. The molecule has 104 valence electrons. The lowest BCUT2D eigenvalue weighted by molar-refractivity contribution is -0.121. The van der Waals surface area contributed by atoms with Crippen LogP contribution in [0.15, 0.2) is 18.2 Å². The molecule has 1 rings (SSSR count). The fraction of sp³-hybridized carbons (Fsp3) is 0.385. The zero-order valence-electron chi connectivity index (χ0n) is 10.9. The molecule has 1 aromatic rings. The quantitative estimate of drug-likeness (QED) is 0.791. The van der Waals surface area contributed by atoms with Crippen molar-refractivity contribution in [3.05, 3.63) is 35.4 Å². The summed E-state index contributed by atoms with van der Waals surface area (Å²) in [5.41, 5.74) is 0.0849. The van der Waals surface area contributed by atoms with E-state index in [0.717, 1.165) is 12.1 Å². The van der Waals surface area contributed by atoms with Crippen molar-refractivity contribution in [2.45, 2.75) is 6.92 Å². The molecule has 1 aromatic carbocycles. The highest BCUT2D eigenvalue weighted by molar-refractivity contribution is 5.97. The van der Waals surface area contributed by atoms with Gasteiger partial charge in [0, 0.05) is 12.1 Å². The van der Waals surface area contributed by atoms with E-state index in [1.807, 2.05) is 0 Å². The van der Waals surface area contributed by atoms with Gasteiger partial charge in [-0.2, -0.15) is 0 Å². The molecule has 0 aliphatic heterocycles. The minimum Gasteiger partial charge on any atom is -0.355 e. The van der Waals surface area contributed by atoms with Gasteiger partial charge in [-0.05, 0) is 32.2 Å². The molecule has 6 heteroatoms. The summed E-state index contributed by atoms with van der Waals surface area (Å²) >= 11 is 0. The molecule has 0 atom stereocenters. The first-order valence-electron chi connectivity index (χ1n) is 5.87. The second-order valence-electron chi connectivity index (χ2n) is 4.18. The van der Waals surface area contributed by atoms with Gasteiger partial charge in [0.1, 0.15) is 0 Å². The zero-order chi connectivity index (χ0) is 14.4. The van der Waals surface area contributed by atoms with Crippen molar-refractivity contribution in [2.24, 2.45) is 0 Å². The number of amides is 1. The van der Waals surface area contributed by atoms with Gasteiger partial charge in [0.05, 0.1) is 13.1 Å². The van der Waals surface area contributed by atoms with E-state index < -0.39 is 11.6 Å². The second-order valence-corrected chi connectivity index (χ2v) is 4.18. The Morgan fingerprint density at radius 2 is 1.89 bits per heavy atom. The number of likely N-dealkylation sites (N-methyl/N-ethyl adjacent to an activating group) is 2. The van der Waals surface area contributed by atoms with Gasteiger partial charge in [-0.25, -0.2) is 8.78 Å². The Hall–Kier alpha value is -1.82. The molecule has 0 aromatic heterocycles. The molecule has 0 saturated carbocycles. The van der Waals surface area contributed by atoms with Crippen LogP contribution in [0.4, 0.5) is 8.78 Å². The van der Waals surface area contributed by atoms with Crippen LogP contribution in [0.25, 0.3) is 0 Å². The third kappa shape index (κ3) is 4.75. The average molecular weight is 270 g/mol. The Bertz CT molecular complexity index is 478. The lowest BCUT2D eigenvalue weighted by atomic mass is 10.1. The number of rotatable bonds is 6. The number of hydrogen-bond acceptors (Lipinski definition) is 3. The minimum absolute atomic E-state index is 0.0395. The van der Waals surface area contributed by atoms with Crippen LogP contribution in [-0.2, 0) is 4.79 Å². The summed E-state index contributed by atoms with van der Waals surface area (Å²) in [4.78, 5) is 24.6. The lowest BCUT2D eigenvalue weighted by Crippen LogP contribution is -2.37. The number of carbonyl (C=O) groups is 2. The highest BCUT2D eigenvalue weighted by Gasteiger charge is 2.13. The Labute approximate surface area is 110 Å². The molecule has 0 radical (unpaired) electrons. The SMILES string of the molecule is CCNC(=O)CN(C)CC(=O)c1ccc(F)c(F)c1. The molecular formula is C13H16F2N2O2. The van der Waals surface area contributed by atoms with Gasteiger partial charge < -0.3 is 5.32 Å². The molecule has 1 N–H and O–H groups in total. The Balaban J connectivity index is 2.59. The molecule has 0 unspecified atom stereocenters. The number of benzene rings is 1. The third-order valence-corrected chi connectivity index (χ3v) is 2.44. The van der Waals surface area contributed by atoms with Crippen LogP contribution in [0.2, 0.25) is 0 Å². The standard InChI is InChI=1S/C13H16F2N2O2/c1-3-16-13(19)8-17(2)7-12(18)9-4-5-10(14)11(15)6-9/h4-6H,3,7-8H2,1-2H3,(H,16,19). The second kappa shape index (κ2) is 6.94. The van der Waals surface area contributed by atoms with E-state index in [1.54, 1.807) is 14.0 Å². The van der Waals surface area contributed by atoms with Gasteiger partial charge in [0.2, 0.25) is 5.91 Å². The predicted molar refractivity (Wildman–Crippen MR) is 66.9 cm³/mol. The maximum absolute atomic E-state index is 13.0. The fourth-order valence-electron chi connectivity index (χ4n) is 1.56. The summed E-state index contributed by atoms with van der Waals surface area (Å²) < 4.78 is 25.7. The molecule has 0 spiro atoms. The van der Waals surface area contributed by atoms with Crippen LogP contribution in [-0.4, -0.2) is 43.3 Å². The van der Waals surface area contributed by atoms with Gasteiger partial charge in [0.15, 0.2) is 17.4 Å². The van der Waals surface area contributed by atoms with Gasteiger partial charge >= 0.3 is 0 Å². The highest BCUT2D eigenvalue weighted by Crippen LogP contribution is 2.09. The molecule has 0 heterocycles. The first kappa shape index (κ1) is 15.2. The van der Waals surface area contributed by atoms with Crippen LogP contribution in [0.3, 0.4) is 0 Å². The van der Waals surface area contributed by atoms with E-state index in [1.165, 1.54) is 11.0 Å². The van der Waals surface area contributed by atoms with Crippen molar-refractivity contribution in [2.75, 3.05) is 26.7 Å². The van der Waals surface area contributed by atoms with Crippen LogP contribution in [0.5, 0.6) is 0 Å². The van der Waals surface area contributed by atoms with Crippen molar-refractivity contribution in [1.82, 2.24) is 10.2 Å². The van der Waals surface area contributed by atoms with Gasteiger partial charge in [-0.3, -0.25) is 14.5 Å². The van der Waals surface area contributed by atoms with Crippen molar-refractivity contribution < 1.29 is 18.4 Å². The molecule has 0 aliphatic carbocycles. The Morgan fingerprint density at radius 1 is 1.21 bits per heavy atom. The minimum atomic E-state index is -1.06. The molecule has 4 nitrogen and oxygen atoms in total. The lowest BCUT2D eigenvalue weighted by Gasteiger charge is -2.15. The van der Waals surface area contributed by atoms with Crippen molar-refractivity contribution in [3.63, 3.8) is 0 Å². The predicted octanol–water partition coefficient (Wildman–Crippen LogP) is 1.22. The van der Waals surface area contributed by atoms with Crippen molar-refractivity contribution >= 4 is 11.7 Å². The molecule has 19 heavy (non-hydrogen) atoms. The third-order valence-electron chi connectivity index (χ3n) is 2.44. The van der Waals surface area contributed by atoms with Crippen LogP contribution in [0.1, 0.15) is 17.3 Å². The summed E-state index contributed by atoms with van der Waals surface area (Å²) in [6, 6.07) is 2.99. The number of nitrogens with zero attached hydrogens (tertiary/aromatic N) is 1. The molecule has 0 saturated heterocycles. The topological polar surface area (TPSA) is 49.4 Å². The van der Waals surface area contributed by atoms with E-state index in [0.29, 0.717) is 6.54 Å². The molecule has 0 bridgehead atoms. The van der Waals surface area contributed by atoms with Gasteiger partial charge in [0.25, 0.3) is 0 Å². The van der Waals surface area contributed by atoms with Crippen molar-refractivity contribution in [1.29, 1.82) is 0 Å². The maximum Gasteiger partial charge on any atom is 0.234 e. The van der Waals surface area contributed by atoms with E-state index in [-0.39, 0.29) is 30.3 Å². The van der Waals surface area contributed by atoms with Gasteiger partial charge in [-0.1, -0.05) is 0 Å². The number of ketones is 1. The summed E-state index contributed by atoms with van der Waals surface area (Å²) in [5.74, 6) is -2.61. The number of Topliss-reactive ketones (excluding diaryl/α,β-unsaturated/α-hetero) is 1. The first-order valence-corrected chi connectivity index (χ1v) is 5.87. The van der Waals surface area contributed by atoms with E-state index in [4.69, 9.17) is 0 Å². The van der Waals surface area contributed by atoms with Crippen LogP contribution in [0, 0.1) is 11.6 Å². The largest absolute Gasteiger partial charge is 0.355 e. The summed E-state index contributed by atoms with van der Waals surface area (Å²) in [6.07, 6.45) is 0. The summed E-state index contributed by atoms with van der Waals surface area (Å²) in [7, 11) is 1.60. The van der Waals surface area contributed by atoms with E-state index in [2.05, 4.69) is 5.32 Å². The summed E-state index contributed by atoms with van der Waals surface area (Å²) in [5, 5.41) is 2.60. The smallest absolute Gasteiger partial charge is 0.234 e. The number of hydrogen-bond donors (Lipinski definition) is 1. The van der Waals surface area contributed by atoms with E-state index >= 15 is 0 Å². The van der Waals surface area contributed by atoms with E-state index in [9.17, 15) is 18.4 Å². The number of halogens is 2. The first-order chi connectivity index (χ1) is 8.93. The normalized spacial score (nSPS) is 10.6. The molecular weight excluding hydrogens is 254 g/mol.